The molecule has 2 aromatic rings. The molecule has 0 aliphatic carbocycles. The minimum absolute atomic E-state index is 0.479. The minimum Gasteiger partial charge on any atom is -0.475 e. The third-order valence-electron chi connectivity index (χ3n) is 3.12. The van der Waals surface area contributed by atoms with Crippen LogP contribution in [0.3, 0.4) is 0 Å². The van der Waals surface area contributed by atoms with Crippen LogP contribution in [0, 0.1) is 0 Å². The molecule has 0 bridgehead atoms. The van der Waals surface area contributed by atoms with Crippen molar-refractivity contribution in [2.45, 2.75) is 26.3 Å². The molecule has 108 valence electrons. The highest BCUT2D eigenvalue weighted by atomic mass is 16.5. The van der Waals surface area contributed by atoms with Crippen LogP contribution < -0.4 is 10.5 Å². The lowest BCUT2D eigenvalue weighted by Crippen LogP contribution is -2.09. The Morgan fingerprint density at radius 1 is 1.15 bits per heavy atom. The fourth-order valence-electron chi connectivity index (χ4n) is 2.02. The third-order valence-corrected chi connectivity index (χ3v) is 3.12. The van der Waals surface area contributed by atoms with Gasteiger partial charge < -0.3 is 15.2 Å². The van der Waals surface area contributed by atoms with E-state index in [0.29, 0.717) is 25.6 Å². The first-order valence-electron chi connectivity index (χ1n) is 7.14. The van der Waals surface area contributed by atoms with Gasteiger partial charge in [-0.05, 0) is 18.1 Å². The highest BCUT2D eigenvalue weighted by Gasteiger charge is 2.05. The molecule has 0 aliphatic rings. The van der Waals surface area contributed by atoms with Crippen molar-refractivity contribution >= 4 is 10.9 Å². The molecule has 1 aromatic carbocycles. The van der Waals surface area contributed by atoms with Gasteiger partial charge in [0.1, 0.15) is 6.61 Å². The first-order valence-corrected chi connectivity index (χ1v) is 7.14. The Hall–Kier alpha value is -1.65. The molecule has 0 atom stereocenters. The SMILES string of the molecule is CCCCOCCOc1cc(CN)c2ccccc2n1. The lowest BCUT2D eigenvalue weighted by Gasteiger charge is -2.10. The summed E-state index contributed by atoms with van der Waals surface area (Å²) in [5, 5.41) is 1.08. The predicted octanol–water partition coefficient (Wildman–Crippen LogP) is 2.89. The second-order valence-electron chi connectivity index (χ2n) is 4.66. The van der Waals surface area contributed by atoms with Gasteiger partial charge in [-0.25, -0.2) is 4.98 Å². The third kappa shape index (κ3) is 3.92. The van der Waals surface area contributed by atoms with Crippen LogP contribution in [0.2, 0.25) is 0 Å². The normalized spacial score (nSPS) is 10.9. The van der Waals surface area contributed by atoms with E-state index in [9.17, 15) is 0 Å². The van der Waals surface area contributed by atoms with E-state index in [1.807, 2.05) is 30.3 Å². The van der Waals surface area contributed by atoms with Gasteiger partial charge in [-0.1, -0.05) is 31.5 Å². The molecule has 1 aromatic heterocycles. The van der Waals surface area contributed by atoms with Crippen molar-refractivity contribution in [3.63, 3.8) is 0 Å². The highest BCUT2D eigenvalue weighted by Crippen LogP contribution is 2.21. The van der Waals surface area contributed by atoms with E-state index in [1.54, 1.807) is 0 Å². The number of benzene rings is 1. The number of nitrogens with zero attached hydrogens (tertiary/aromatic N) is 1. The molecule has 0 amide bonds. The van der Waals surface area contributed by atoms with Crippen molar-refractivity contribution in [2.24, 2.45) is 5.73 Å². The van der Waals surface area contributed by atoms with Crippen molar-refractivity contribution in [3.05, 3.63) is 35.9 Å². The number of para-hydroxylation sites is 1. The Bertz CT molecular complexity index is 543. The Morgan fingerprint density at radius 2 is 2.00 bits per heavy atom. The van der Waals surface area contributed by atoms with Gasteiger partial charge in [-0.3, -0.25) is 0 Å². The van der Waals surface area contributed by atoms with Gasteiger partial charge in [0.15, 0.2) is 0 Å². The molecule has 20 heavy (non-hydrogen) atoms. The van der Waals surface area contributed by atoms with E-state index in [-0.39, 0.29) is 0 Å². The largest absolute Gasteiger partial charge is 0.475 e. The zero-order chi connectivity index (χ0) is 14.2. The minimum atomic E-state index is 0.479. The molecular formula is C16H22N2O2. The molecule has 0 saturated heterocycles. The van der Waals surface area contributed by atoms with Crippen LogP contribution in [0.4, 0.5) is 0 Å². The molecule has 2 N–H and O–H groups in total. The number of rotatable bonds is 8. The topological polar surface area (TPSA) is 57.4 Å². The fourth-order valence-corrected chi connectivity index (χ4v) is 2.02. The van der Waals surface area contributed by atoms with E-state index in [1.165, 1.54) is 0 Å². The van der Waals surface area contributed by atoms with E-state index >= 15 is 0 Å². The number of hydrogen-bond donors (Lipinski definition) is 1. The Labute approximate surface area is 119 Å². The fraction of sp³-hybridized carbons (Fsp3) is 0.438. The smallest absolute Gasteiger partial charge is 0.214 e. The van der Waals surface area contributed by atoms with Crippen LogP contribution in [-0.4, -0.2) is 24.8 Å². The summed E-state index contributed by atoms with van der Waals surface area (Å²) >= 11 is 0. The molecule has 0 aliphatic heterocycles. The Morgan fingerprint density at radius 3 is 2.80 bits per heavy atom. The van der Waals surface area contributed by atoms with Crippen molar-refractivity contribution in [3.8, 4) is 5.88 Å². The molecule has 0 saturated carbocycles. The summed E-state index contributed by atoms with van der Waals surface area (Å²) in [5.74, 6) is 0.614. The highest BCUT2D eigenvalue weighted by molar-refractivity contribution is 5.82. The molecular weight excluding hydrogens is 252 g/mol. The summed E-state index contributed by atoms with van der Waals surface area (Å²) in [6, 6.07) is 9.87. The van der Waals surface area contributed by atoms with Gasteiger partial charge in [-0.2, -0.15) is 0 Å². The molecule has 0 unspecified atom stereocenters. The number of pyridine rings is 1. The van der Waals surface area contributed by atoms with Crippen LogP contribution in [0.5, 0.6) is 5.88 Å². The van der Waals surface area contributed by atoms with Gasteiger partial charge in [0.05, 0.1) is 12.1 Å². The van der Waals surface area contributed by atoms with Crippen LogP contribution in [0.25, 0.3) is 10.9 Å². The lowest BCUT2D eigenvalue weighted by molar-refractivity contribution is 0.0966. The maximum Gasteiger partial charge on any atom is 0.214 e. The molecule has 0 radical (unpaired) electrons. The van der Waals surface area contributed by atoms with E-state index in [0.717, 1.165) is 35.9 Å². The van der Waals surface area contributed by atoms with Crippen molar-refractivity contribution in [1.29, 1.82) is 0 Å². The molecule has 1 heterocycles. The Kier molecular flexibility index (Phi) is 5.77. The monoisotopic (exact) mass is 274 g/mol. The molecule has 4 nitrogen and oxygen atoms in total. The average molecular weight is 274 g/mol. The molecule has 0 spiro atoms. The van der Waals surface area contributed by atoms with E-state index < -0.39 is 0 Å². The quantitative estimate of drug-likeness (QED) is 0.752. The van der Waals surface area contributed by atoms with Crippen molar-refractivity contribution in [1.82, 2.24) is 4.98 Å². The summed E-state index contributed by atoms with van der Waals surface area (Å²) in [4.78, 5) is 4.48. The zero-order valence-electron chi connectivity index (χ0n) is 12.0. The maximum atomic E-state index is 5.79. The molecule has 4 heteroatoms. The van der Waals surface area contributed by atoms with Crippen LogP contribution in [0.1, 0.15) is 25.3 Å². The second kappa shape index (κ2) is 7.82. The van der Waals surface area contributed by atoms with E-state index in [4.69, 9.17) is 15.2 Å². The van der Waals surface area contributed by atoms with Gasteiger partial charge in [-0.15, -0.1) is 0 Å². The summed E-state index contributed by atoms with van der Waals surface area (Å²) in [6.07, 6.45) is 2.23. The van der Waals surface area contributed by atoms with Gasteiger partial charge >= 0.3 is 0 Å². The standard InChI is InChI=1S/C16H22N2O2/c1-2-3-8-19-9-10-20-16-11-13(12-17)14-6-4-5-7-15(14)18-16/h4-7,11H,2-3,8-10,12,17H2,1H3. The summed E-state index contributed by atoms with van der Waals surface area (Å²) < 4.78 is 11.1. The number of aromatic nitrogens is 1. The first-order chi connectivity index (χ1) is 9.85. The first kappa shape index (κ1) is 14.8. The summed E-state index contributed by atoms with van der Waals surface area (Å²) in [7, 11) is 0. The second-order valence-corrected chi connectivity index (χ2v) is 4.66. The van der Waals surface area contributed by atoms with Crippen LogP contribution >= 0.6 is 0 Å². The number of nitrogens with two attached hydrogens (primary N) is 1. The predicted molar refractivity (Wildman–Crippen MR) is 80.9 cm³/mol. The number of unbranched alkanes of at least 4 members (excludes halogenated alkanes) is 1. The van der Waals surface area contributed by atoms with Crippen LogP contribution in [0.15, 0.2) is 30.3 Å². The Balaban J connectivity index is 1.96. The van der Waals surface area contributed by atoms with Gasteiger partial charge in [0.2, 0.25) is 5.88 Å². The van der Waals surface area contributed by atoms with Crippen molar-refractivity contribution < 1.29 is 9.47 Å². The summed E-state index contributed by atoms with van der Waals surface area (Å²) in [6.45, 7) is 4.52. The summed E-state index contributed by atoms with van der Waals surface area (Å²) in [5.41, 5.74) is 7.75. The lowest BCUT2D eigenvalue weighted by atomic mass is 10.1. The zero-order valence-corrected chi connectivity index (χ0v) is 12.0. The average Bonchev–Trinajstić information content (AvgIpc) is 2.50. The number of hydrogen-bond acceptors (Lipinski definition) is 4. The number of ether oxygens (including phenoxy) is 2. The van der Waals surface area contributed by atoms with Gasteiger partial charge in [0, 0.05) is 24.6 Å². The molecule has 0 fully saturated rings. The molecule has 2 rings (SSSR count). The van der Waals surface area contributed by atoms with Crippen LogP contribution in [-0.2, 0) is 11.3 Å². The maximum absolute atomic E-state index is 5.79. The van der Waals surface area contributed by atoms with E-state index in [2.05, 4.69) is 11.9 Å². The van der Waals surface area contributed by atoms with Crippen molar-refractivity contribution in [2.75, 3.05) is 19.8 Å². The van der Waals surface area contributed by atoms with Gasteiger partial charge in [0.25, 0.3) is 0 Å². The number of fused-ring (bicyclic) bond motifs is 1.